The molecule has 622 valence electrons. The molecule has 0 radical (unpaired) electrons. The first-order chi connectivity index (χ1) is 51.6. The van der Waals surface area contributed by atoms with Crippen LogP contribution in [0.5, 0.6) is 0 Å². The summed E-state index contributed by atoms with van der Waals surface area (Å²) in [5, 5.41) is 65.8. The third-order valence-electron chi connectivity index (χ3n) is 19.4. The lowest BCUT2D eigenvalue weighted by Crippen LogP contribution is -2.67. The van der Waals surface area contributed by atoms with Gasteiger partial charge in [0.25, 0.3) is 0 Å². The molecule has 2 aromatic carbocycles. The quantitative estimate of drug-likeness (QED) is 0.0331. The standard InChI is InChI=1S/C77H120N16O19/c1-20-77(19,70(112)93-40-49(97)37-54(93)62(104)87-71(7,8)64(106)81-47(41-94)34-45-27-23-21-24-28-45)88-58(100)50(31-32-55(78)98)83-61(103)53-36-48(96)39-92(53)69(111)76(17,18)91-67(109)74(13,14)85-59(101)51(33-42(2)3)82-56(99)38-79-63(105)57(43(4)5)84-65(107)72(9,10)89-68(110)75(15,16)90-66(108)73(11,12)86-60(102)52(80-44(6)95)35-46-29-25-22-26-30-46/h21-30,42-43,47-54,57,94,96-97H,20,31-41H2,1-19H3,(H2,78,98)(H,79,105)(H,80,95)(H,81,106)(H,82,99)(H,83,103)(H,84,107)(H,85,101)(H,86,102)(H,87,104)(H,88,100)(H,89,110)(H,90,108)(H,91,109)/t47-,48-,49+,50-,51-,52-,53+,54+,57-,77-/m1/s1. The monoisotopic (exact) mass is 1570 g/mol. The summed E-state index contributed by atoms with van der Waals surface area (Å²) in [7, 11) is 0. The summed E-state index contributed by atoms with van der Waals surface area (Å²) < 4.78 is 0. The molecule has 0 aliphatic carbocycles. The predicted octanol–water partition coefficient (Wildman–Crippen LogP) is -2.43. The van der Waals surface area contributed by atoms with Gasteiger partial charge in [0.2, 0.25) is 94.5 Å². The Morgan fingerprint density at radius 2 is 0.911 bits per heavy atom. The maximum Gasteiger partial charge on any atom is 0.248 e. The van der Waals surface area contributed by atoms with Crippen molar-refractivity contribution in [1.29, 1.82) is 0 Å². The zero-order valence-corrected chi connectivity index (χ0v) is 68.0. The number of rotatable bonds is 39. The molecular weight excluding hydrogens is 1450 g/mol. The molecule has 35 heteroatoms. The van der Waals surface area contributed by atoms with E-state index in [0.29, 0.717) is 0 Å². The van der Waals surface area contributed by atoms with Gasteiger partial charge < -0.3 is 100.0 Å². The summed E-state index contributed by atoms with van der Waals surface area (Å²) in [5.74, 6) is -14.0. The summed E-state index contributed by atoms with van der Waals surface area (Å²) in [4.78, 5) is 223. The van der Waals surface area contributed by atoms with Gasteiger partial charge in [0.05, 0.1) is 31.4 Å². The number of aliphatic hydroxyl groups is 3. The number of amides is 16. The number of hydrogen-bond acceptors (Lipinski definition) is 19. The van der Waals surface area contributed by atoms with Crippen LogP contribution in [-0.2, 0) is 89.6 Å². The highest BCUT2D eigenvalue weighted by atomic mass is 16.3. The van der Waals surface area contributed by atoms with E-state index in [-0.39, 0.29) is 51.0 Å². The van der Waals surface area contributed by atoms with Crippen molar-refractivity contribution in [2.24, 2.45) is 17.6 Å². The minimum Gasteiger partial charge on any atom is -0.394 e. The van der Waals surface area contributed by atoms with Crippen LogP contribution in [0.25, 0.3) is 0 Å². The normalized spacial score (nSPS) is 18.0. The molecule has 2 aromatic rings. The Bertz CT molecular complexity index is 3770. The summed E-state index contributed by atoms with van der Waals surface area (Å²) in [5.41, 5.74) is -5.18. The Kier molecular flexibility index (Phi) is 33.1. The lowest BCUT2D eigenvalue weighted by Gasteiger charge is -2.37. The van der Waals surface area contributed by atoms with Crippen molar-refractivity contribution in [2.45, 2.75) is 276 Å². The molecule has 2 fully saturated rings. The molecule has 0 aromatic heterocycles. The van der Waals surface area contributed by atoms with Crippen molar-refractivity contribution in [3.63, 3.8) is 0 Å². The van der Waals surface area contributed by atoms with Crippen LogP contribution in [0.3, 0.4) is 0 Å². The van der Waals surface area contributed by atoms with E-state index in [2.05, 4.69) is 69.1 Å². The number of carbonyl (C=O) groups is 16. The van der Waals surface area contributed by atoms with Crippen molar-refractivity contribution in [1.82, 2.24) is 78.9 Å². The van der Waals surface area contributed by atoms with Gasteiger partial charge in [-0.25, -0.2) is 0 Å². The fourth-order valence-corrected chi connectivity index (χ4v) is 12.4. The molecule has 2 heterocycles. The second-order valence-corrected chi connectivity index (χ2v) is 33.2. The molecule has 2 saturated heterocycles. The number of likely N-dealkylation sites (tertiary alicyclic amines) is 2. The van der Waals surface area contributed by atoms with E-state index >= 15 is 0 Å². The predicted molar refractivity (Wildman–Crippen MR) is 411 cm³/mol. The Morgan fingerprint density at radius 1 is 0.482 bits per heavy atom. The molecular formula is C77H120N16O19. The van der Waals surface area contributed by atoms with E-state index in [9.17, 15) is 92.0 Å². The molecule has 2 aliphatic heterocycles. The maximum absolute atomic E-state index is 14.6. The average Bonchev–Trinajstić information content (AvgIpc) is 1.60. The van der Waals surface area contributed by atoms with Gasteiger partial charge in [-0.2, -0.15) is 0 Å². The number of nitrogens with zero attached hydrogens (tertiary/aromatic N) is 2. The van der Waals surface area contributed by atoms with Crippen LogP contribution in [0.15, 0.2) is 60.7 Å². The van der Waals surface area contributed by atoms with Crippen LogP contribution in [0.1, 0.15) is 181 Å². The number of aliphatic hydroxyl groups excluding tert-OH is 3. The zero-order chi connectivity index (χ0) is 85.1. The van der Waals surface area contributed by atoms with Gasteiger partial charge in [-0.1, -0.05) is 95.3 Å². The van der Waals surface area contributed by atoms with E-state index in [4.69, 9.17) is 5.73 Å². The minimum absolute atomic E-state index is 0.0162. The van der Waals surface area contributed by atoms with Gasteiger partial charge in [0.15, 0.2) is 0 Å². The van der Waals surface area contributed by atoms with Crippen LogP contribution in [0.4, 0.5) is 0 Å². The molecule has 112 heavy (non-hydrogen) atoms. The van der Waals surface area contributed by atoms with Crippen LogP contribution >= 0.6 is 0 Å². The fraction of sp³-hybridized carbons (Fsp3) is 0.636. The molecule has 2 aliphatic rings. The smallest absolute Gasteiger partial charge is 0.248 e. The van der Waals surface area contributed by atoms with Gasteiger partial charge >= 0.3 is 0 Å². The third kappa shape index (κ3) is 27.1. The second kappa shape index (κ2) is 39.3. The van der Waals surface area contributed by atoms with Gasteiger partial charge in [-0.3, -0.25) is 76.7 Å². The van der Waals surface area contributed by atoms with E-state index in [1.165, 1.54) is 96.9 Å². The summed E-state index contributed by atoms with van der Waals surface area (Å²) >= 11 is 0. The molecule has 0 bridgehead atoms. The Balaban J connectivity index is 1.39. The van der Waals surface area contributed by atoms with Crippen molar-refractivity contribution >= 4 is 94.5 Å². The van der Waals surface area contributed by atoms with Gasteiger partial charge in [-0.05, 0) is 139 Å². The lowest BCUT2D eigenvalue weighted by molar-refractivity contribution is -0.147. The van der Waals surface area contributed by atoms with Crippen LogP contribution in [0, 0.1) is 11.8 Å². The summed E-state index contributed by atoms with van der Waals surface area (Å²) in [6.07, 6.45) is -3.74. The van der Waals surface area contributed by atoms with Crippen LogP contribution in [0.2, 0.25) is 0 Å². The maximum atomic E-state index is 14.6. The molecule has 16 amide bonds. The highest BCUT2D eigenvalue weighted by Gasteiger charge is 2.51. The number of carbonyl (C=O) groups excluding carboxylic acids is 16. The minimum atomic E-state index is -1.90. The van der Waals surface area contributed by atoms with E-state index in [1.54, 1.807) is 77.1 Å². The molecule has 0 unspecified atom stereocenters. The lowest BCUT2D eigenvalue weighted by atomic mass is 9.94. The van der Waals surface area contributed by atoms with E-state index in [0.717, 1.165) is 20.9 Å². The third-order valence-corrected chi connectivity index (χ3v) is 19.4. The first-order valence-corrected chi connectivity index (χ1v) is 37.6. The van der Waals surface area contributed by atoms with E-state index < -0.39 is 226 Å². The highest BCUT2D eigenvalue weighted by molar-refractivity contribution is 6.03. The largest absolute Gasteiger partial charge is 0.394 e. The average molecular weight is 1570 g/mol. The first kappa shape index (κ1) is 94.2. The molecule has 10 atom stereocenters. The number of primary amides is 1. The molecule has 0 saturated carbocycles. The Hall–Kier alpha value is -10.2. The van der Waals surface area contributed by atoms with Crippen molar-refractivity contribution in [2.75, 3.05) is 26.2 Å². The number of β-amino-alcohol motifs (C(OH)–C–C–N with tert-alkyl or cyclic N) is 2. The summed E-state index contributed by atoms with van der Waals surface area (Å²) in [6.45, 7) is 25.3. The van der Waals surface area contributed by atoms with Crippen LogP contribution in [-0.4, -0.2) is 239 Å². The SMILES string of the molecule is CC[C@@](C)(NC(=O)[C@@H](CCC(N)=O)NC(=O)[C@@H]1C[C@@H](O)CN1C(=O)C(C)(C)NC(=O)C(C)(C)NC(=O)[C@@H](CC(C)C)NC(=O)CNC(=O)[C@H](NC(=O)C(C)(C)NC(=O)C(C)(C)NC(=O)C(C)(C)NC(=O)[C@@H](Cc1ccccc1)NC(C)=O)C(C)C)C(=O)N1C[C@@H](O)C[C@H]1C(=O)NC(C)(C)C(=O)N[C@@H](CO)Cc1ccccc1. The fourth-order valence-electron chi connectivity index (χ4n) is 12.4. The van der Waals surface area contributed by atoms with Gasteiger partial charge in [0.1, 0.15) is 75.0 Å². The van der Waals surface area contributed by atoms with Crippen molar-refractivity contribution in [3.8, 4) is 0 Å². The number of hydrogen-bond donors (Lipinski definition) is 17. The molecule has 35 nitrogen and oxygen atoms in total. The Labute approximate surface area is 654 Å². The van der Waals surface area contributed by atoms with Crippen molar-refractivity contribution in [3.05, 3.63) is 71.8 Å². The number of nitrogens with one attached hydrogen (secondary N) is 13. The zero-order valence-electron chi connectivity index (χ0n) is 68.0. The van der Waals surface area contributed by atoms with Gasteiger partial charge in [-0.15, -0.1) is 0 Å². The molecule has 18 N–H and O–H groups in total. The van der Waals surface area contributed by atoms with Crippen LogP contribution < -0.4 is 74.9 Å². The molecule has 4 rings (SSSR count). The number of benzene rings is 2. The summed E-state index contributed by atoms with van der Waals surface area (Å²) in [6, 6.07) is 9.12. The Morgan fingerprint density at radius 3 is 1.38 bits per heavy atom. The van der Waals surface area contributed by atoms with Gasteiger partial charge in [0, 0.05) is 45.7 Å². The topological polar surface area (TPSA) is 523 Å². The molecule has 0 spiro atoms. The first-order valence-electron chi connectivity index (χ1n) is 37.6. The van der Waals surface area contributed by atoms with E-state index in [1.807, 2.05) is 18.2 Å². The van der Waals surface area contributed by atoms with Crippen molar-refractivity contribution < 1.29 is 92.0 Å². The number of nitrogens with two attached hydrogens (primary N) is 1. The highest BCUT2D eigenvalue weighted by Crippen LogP contribution is 2.28. The second-order valence-electron chi connectivity index (χ2n) is 33.2.